The molecule has 1 rings (SSSR count). The lowest BCUT2D eigenvalue weighted by Crippen LogP contribution is -2.39. The number of likely N-dealkylation sites (N-methyl/N-ethyl adjacent to an activating group) is 2. The molecule has 1 aliphatic heterocycles. The molecule has 94 valence electrons. The largest absolute Gasteiger partial charge is 0.449 e. The lowest BCUT2D eigenvalue weighted by atomic mass is 10.2. The molecule has 4 heteroatoms. The molecule has 1 fully saturated rings. The Bertz CT molecular complexity index is 221. The summed E-state index contributed by atoms with van der Waals surface area (Å²) in [5.74, 6) is 0. The number of nitrogens with zero attached hydrogens (tertiary/aromatic N) is 2. The highest BCUT2D eigenvalue weighted by atomic mass is 16.6. The third kappa shape index (κ3) is 3.67. The first kappa shape index (κ1) is 13.3. The smallest absolute Gasteiger partial charge is 0.409 e. The zero-order chi connectivity index (χ0) is 12.0. The number of hydrogen-bond acceptors (Lipinski definition) is 3. The zero-order valence-electron chi connectivity index (χ0n) is 10.7. The van der Waals surface area contributed by atoms with Crippen molar-refractivity contribution < 1.29 is 9.53 Å². The van der Waals surface area contributed by atoms with Gasteiger partial charge in [0, 0.05) is 26.2 Å². The number of rotatable bonds is 5. The van der Waals surface area contributed by atoms with E-state index >= 15 is 0 Å². The van der Waals surface area contributed by atoms with Gasteiger partial charge >= 0.3 is 6.09 Å². The predicted molar refractivity (Wildman–Crippen MR) is 64.5 cm³/mol. The highest BCUT2D eigenvalue weighted by Crippen LogP contribution is 2.14. The van der Waals surface area contributed by atoms with Gasteiger partial charge in [-0.25, -0.2) is 4.79 Å². The summed E-state index contributed by atoms with van der Waals surface area (Å²) in [7, 11) is 1.85. The summed E-state index contributed by atoms with van der Waals surface area (Å²) in [6, 6.07) is 0.328. The van der Waals surface area contributed by atoms with Crippen molar-refractivity contribution >= 4 is 6.09 Å². The summed E-state index contributed by atoms with van der Waals surface area (Å²) in [6.45, 7) is 7.93. The molecule has 1 saturated heterocycles. The third-order valence-electron chi connectivity index (χ3n) is 3.25. The number of hydrogen-bond donors (Lipinski definition) is 0. The van der Waals surface area contributed by atoms with Crippen molar-refractivity contribution in [1.82, 2.24) is 9.80 Å². The Morgan fingerprint density at radius 3 is 2.81 bits per heavy atom. The lowest BCUT2D eigenvalue weighted by molar-refractivity contribution is 0.0965. The van der Waals surface area contributed by atoms with Gasteiger partial charge in [0.1, 0.15) is 0 Å². The van der Waals surface area contributed by atoms with Gasteiger partial charge in [-0.05, 0) is 19.4 Å². The molecule has 0 N–H and O–H groups in total. The molecule has 1 atom stereocenters. The molecule has 0 spiro atoms. The van der Waals surface area contributed by atoms with Gasteiger partial charge in [0.25, 0.3) is 0 Å². The maximum Gasteiger partial charge on any atom is 0.409 e. The minimum Gasteiger partial charge on any atom is -0.449 e. The molecular formula is C12H24N2O2. The van der Waals surface area contributed by atoms with E-state index in [2.05, 4.69) is 18.7 Å². The van der Waals surface area contributed by atoms with Crippen LogP contribution in [0.5, 0.6) is 0 Å². The molecule has 0 aromatic heterocycles. The summed E-state index contributed by atoms with van der Waals surface area (Å²) in [5, 5.41) is 0. The molecule has 0 aromatic rings. The number of carbonyl (C=O) groups is 1. The molecule has 4 nitrogen and oxygen atoms in total. The van der Waals surface area contributed by atoms with Crippen LogP contribution in [-0.2, 0) is 4.74 Å². The number of amides is 1. The highest BCUT2D eigenvalue weighted by Gasteiger charge is 2.27. The van der Waals surface area contributed by atoms with E-state index in [4.69, 9.17) is 4.74 Å². The van der Waals surface area contributed by atoms with E-state index in [-0.39, 0.29) is 6.09 Å². The fourth-order valence-corrected chi connectivity index (χ4v) is 1.97. The van der Waals surface area contributed by atoms with Crippen molar-refractivity contribution in [2.45, 2.75) is 39.2 Å². The predicted octanol–water partition coefficient (Wildman–Crippen LogP) is 1.95. The minimum absolute atomic E-state index is 0.170. The minimum atomic E-state index is -0.170. The van der Waals surface area contributed by atoms with Crippen molar-refractivity contribution in [3.63, 3.8) is 0 Å². The molecular weight excluding hydrogens is 204 g/mol. The van der Waals surface area contributed by atoms with Crippen LogP contribution in [0.25, 0.3) is 0 Å². The summed E-state index contributed by atoms with van der Waals surface area (Å²) < 4.78 is 5.19. The van der Waals surface area contributed by atoms with Crippen LogP contribution in [0, 0.1) is 0 Å². The monoisotopic (exact) mass is 228 g/mol. The Morgan fingerprint density at radius 2 is 2.25 bits per heavy atom. The number of likely N-dealkylation sites (tertiary alicyclic amines) is 1. The van der Waals surface area contributed by atoms with E-state index in [0.29, 0.717) is 12.6 Å². The number of unbranched alkanes of at least 4 members (excludes halogenated alkanes) is 1. The quantitative estimate of drug-likeness (QED) is 0.674. The first-order valence-electron chi connectivity index (χ1n) is 6.31. The van der Waals surface area contributed by atoms with E-state index < -0.39 is 0 Å². The van der Waals surface area contributed by atoms with Gasteiger partial charge in [0.05, 0.1) is 6.61 Å². The summed E-state index contributed by atoms with van der Waals surface area (Å²) in [5.41, 5.74) is 0. The normalized spacial score (nSPS) is 21.1. The van der Waals surface area contributed by atoms with Crippen molar-refractivity contribution in [2.24, 2.45) is 0 Å². The first-order valence-corrected chi connectivity index (χ1v) is 6.31. The second kappa shape index (κ2) is 6.74. The molecule has 16 heavy (non-hydrogen) atoms. The zero-order valence-corrected chi connectivity index (χ0v) is 10.7. The van der Waals surface area contributed by atoms with Gasteiger partial charge in [-0.2, -0.15) is 0 Å². The van der Waals surface area contributed by atoms with E-state index in [1.54, 1.807) is 4.90 Å². The van der Waals surface area contributed by atoms with Crippen LogP contribution in [0.1, 0.15) is 33.1 Å². The molecule has 1 unspecified atom stereocenters. The van der Waals surface area contributed by atoms with Gasteiger partial charge < -0.3 is 14.5 Å². The molecule has 0 saturated carbocycles. The van der Waals surface area contributed by atoms with Crippen LogP contribution in [0.3, 0.4) is 0 Å². The Kier molecular flexibility index (Phi) is 5.60. The van der Waals surface area contributed by atoms with E-state index in [9.17, 15) is 4.79 Å². The topological polar surface area (TPSA) is 32.8 Å². The molecule has 0 aliphatic carbocycles. The summed E-state index contributed by atoms with van der Waals surface area (Å²) in [4.78, 5) is 15.8. The standard InChI is InChI=1S/C12H24N2O2/c1-4-6-9-16-12(15)13(3)11-7-8-14(5-2)10-11/h11H,4-10H2,1-3H3. The van der Waals surface area contributed by atoms with Crippen molar-refractivity contribution in [1.29, 1.82) is 0 Å². The fraction of sp³-hybridized carbons (Fsp3) is 0.917. The van der Waals surface area contributed by atoms with Crippen molar-refractivity contribution in [3.8, 4) is 0 Å². The number of ether oxygens (including phenoxy) is 1. The molecule has 0 aromatic carbocycles. The van der Waals surface area contributed by atoms with E-state index in [1.807, 2.05) is 7.05 Å². The van der Waals surface area contributed by atoms with Gasteiger partial charge in [-0.3, -0.25) is 0 Å². The van der Waals surface area contributed by atoms with Crippen LogP contribution >= 0.6 is 0 Å². The SMILES string of the molecule is CCCCOC(=O)N(C)C1CCN(CC)C1. The average molecular weight is 228 g/mol. The Morgan fingerprint density at radius 1 is 1.50 bits per heavy atom. The summed E-state index contributed by atoms with van der Waals surface area (Å²) >= 11 is 0. The Hall–Kier alpha value is -0.770. The first-order chi connectivity index (χ1) is 7.69. The molecule has 1 amide bonds. The van der Waals surface area contributed by atoms with Crippen LogP contribution in [0.15, 0.2) is 0 Å². The molecule has 1 heterocycles. The molecule has 0 radical (unpaired) electrons. The molecule has 0 bridgehead atoms. The van der Waals surface area contributed by atoms with Crippen molar-refractivity contribution in [3.05, 3.63) is 0 Å². The fourth-order valence-electron chi connectivity index (χ4n) is 1.97. The van der Waals surface area contributed by atoms with E-state index in [0.717, 1.165) is 38.9 Å². The Labute approximate surface area is 98.5 Å². The average Bonchev–Trinajstić information content (AvgIpc) is 2.76. The number of carbonyl (C=O) groups excluding carboxylic acids is 1. The van der Waals surface area contributed by atoms with Crippen LogP contribution in [0.4, 0.5) is 4.79 Å². The lowest BCUT2D eigenvalue weighted by Gasteiger charge is -2.24. The van der Waals surface area contributed by atoms with E-state index in [1.165, 1.54) is 0 Å². The Balaban J connectivity index is 2.28. The third-order valence-corrected chi connectivity index (χ3v) is 3.25. The van der Waals surface area contributed by atoms with Crippen LogP contribution in [0.2, 0.25) is 0 Å². The van der Waals surface area contributed by atoms with Crippen molar-refractivity contribution in [2.75, 3.05) is 33.3 Å². The molecule has 1 aliphatic rings. The maximum absolute atomic E-state index is 11.7. The maximum atomic E-state index is 11.7. The van der Waals surface area contributed by atoms with Gasteiger partial charge in [0.15, 0.2) is 0 Å². The second-order valence-electron chi connectivity index (χ2n) is 4.41. The van der Waals surface area contributed by atoms with Gasteiger partial charge in [0.2, 0.25) is 0 Å². The second-order valence-corrected chi connectivity index (χ2v) is 4.41. The van der Waals surface area contributed by atoms with Gasteiger partial charge in [-0.15, -0.1) is 0 Å². The van der Waals surface area contributed by atoms with Crippen LogP contribution < -0.4 is 0 Å². The van der Waals surface area contributed by atoms with Crippen LogP contribution in [-0.4, -0.2) is 55.2 Å². The summed E-state index contributed by atoms with van der Waals surface area (Å²) in [6.07, 6.45) is 2.90. The van der Waals surface area contributed by atoms with Gasteiger partial charge in [-0.1, -0.05) is 20.3 Å². The highest BCUT2D eigenvalue weighted by molar-refractivity contribution is 5.67.